The molecule has 5 heteroatoms. The van der Waals surface area contributed by atoms with Crippen LogP contribution in [0.15, 0.2) is 42.6 Å². The van der Waals surface area contributed by atoms with E-state index in [9.17, 15) is 0 Å². The summed E-state index contributed by atoms with van der Waals surface area (Å²) in [5.74, 6) is 2.36. The van der Waals surface area contributed by atoms with Crippen LogP contribution in [0, 0.1) is 0 Å². The van der Waals surface area contributed by atoms with Crippen LogP contribution in [0.25, 0.3) is 0 Å². The Balaban J connectivity index is 2.36. The van der Waals surface area contributed by atoms with E-state index in [1.54, 1.807) is 20.4 Å². The van der Waals surface area contributed by atoms with Crippen molar-refractivity contribution in [1.29, 1.82) is 0 Å². The summed E-state index contributed by atoms with van der Waals surface area (Å²) < 4.78 is 10.6. The van der Waals surface area contributed by atoms with Crippen LogP contribution in [0.1, 0.15) is 6.42 Å². The zero-order valence-corrected chi connectivity index (χ0v) is 12.5. The average Bonchev–Trinajstić information content (AvgIpc) is 2.56. The van der Waals surface area contributed by atoms with Crippen molar-refractivity contribution < 1.29 is 9.47 Å². The molecular weight excluding hydrogens is 266 g/mol. The molecule has 1 aromatic heterocycles. The number of benzene rings is 1. The molecule has 21 heavy (non-hydrogen) atoms. The molecule has 2 aromatic rings. The van der Waals surface area contributed by atoms with Gasteiger partial charge >= 0.3 is 0 Å². The number of ether oxygens (including phenoxy) is 2. The largest absolute Gasteiger partial charge is 0.497 e. The normalized spacial score (nSPS) is 10.2. The molecule has 0 unspecified atom stereocenters. The summed E-state index contributed by atoms with van der Waals surface area (Å²) in [4.78, 5) is 6.55. The highest BCUT2D eigenvalue weighted by Crippen LogP contribution is 2.32. The molecule has 0 radical (unpaired) electrons. The van der Waals surface area contributed by atoms with Gasteiger partial charge in [0, 0.05) is 18.4 Å². The van der Waals surface area contributed by atoms with E-state index in [4.69, 9.17) is 15.2 Å². The number of methoxy groups -OCH3 is 2. The van der Waals surface area contributed by atoms with Gasteiger partial charge in [0.1, 0.15) is 5.75 Å². The van der Waals surface area contributed by atoms with Crippen molar-refractivity contribution >= 4 is 11.5 Å². The molecule has 0 aliphatic rings. The molecule has 0 aliphatic heterocycles. The topological polar surface area (TPSA) is 60.6 Å². The zero-order chi connectivity index (χ0) is 15.1. The maximum atomic E-state index is 5.65. The Bertz CT molecular complexity index is 558. The van der Waals surface area contributed by atoms with Crippen molar-refractivity contribution in [1.82, 2.24) is 4.98 Å². The van der Waals surface area contributed by atoms with Crippen LogP contribution in [0.5, 0.6) is 11.5 Å². The summed E-state index contributed by atoms with van der Waals surface area (Å²) in [6, 6.07) is 11.6. The number of anilines is 2. The van der Waals surface area contributed by atoms with E-state index in [2.05, 4.69) is 9.88 Å². The first-order valence-corrected chi connectivity index (χ1v) is 6.90. The number of nitrogens with zero attached hydrogens (tertiary/aromatic N) is 2. The first kappa shape index (κ1) is 15.1. The first-order valence-electron chi connectivity index (χ1n) is 6.90. The van der Waals surface area contributed by atoms with Crippen molar-refractivity contribution in [3.63, 3.8) is 0 Å². The average molecular weight is 287 g/mol. The highest BCUT2D eigenvalue weighted by molar-refractivity contribution is 5.65. The lowest BCUT2D eigenvalue weighted by molar-refractivity contribution is 0.413. The molecule has 1 heterocycles. The van der Waals surface area contributed by atoms with Gasteiger partial charge < -0.3 is 20.1 Å². The third kappa shape index (κ3) is 3.64. The quantitative estimate of drug-likeness (QED) is 0.848. The Hall–Kier alpha value is -2.27. The Morgan fingerprint density at radius 1 is 1.10 bits per heavy atom. The summed E-state index contributed by atoms with van der Waals surface area (Å²) in [7, 11) is 3.30. The Kier molecular flexibility index (Phi) is 5.40. The SMILES string of the molecule is COc1ccc(N(CCCN)c2ncccc2OC)cc1. The molecule has 112 valence electrons. The van der Waals surface area contributed by atoms with E-state index in [0.29, 0.717) is 6.54 Å². The second-order valence-electron chi connectivity index (χ2n) is 4.52. The van der Waals surface area contributed by atoms with Crippen LogP contribution in [-0.2, 0) is 0 Å². The van der Waals surface area contributed by atoms with E-state index >= 15 is 0 Å². The molecule has 0 atom stereocenters. The number of hydrogen-bond acceptors (Lipinski definition) is 5. The van der Waals surface area contributed by atoms with E-state index < -0.39 is 0 Å². The molecule has 0 fully saturated rings. The van der Waals surface area contributed by atoms with Crippen LogP contribution in [0.2, 0.25) is 0 Å². The van der Waals surface area contributed by atoms with Gasteiger partial charge in [0.2, 0.25) is 0 Å². The molecule has 5 nitrogen and oxygen atoms in total. The monoisotopic (exact) mass is 287 g/mol. The minimum Gasteiger partial charge on any atom is -0.497 e. The highest BCUT2D eigenvalue weighted by Gasteiger charge is 2.15. The summed E-state index contributed by atoms with van der Waals surface area (Å²) >= 11 is 0. The van der Waals surface area contributed by atoms with Crippen molar-refractivity contribution in [2.24, 2.45) is 5.73 Å². The van der Waals surface area contributed by atoms with Gasteiger partial charge in [-0.25, -0.2) is 4.98 Å². The minimum absolute atomic E-state index is 0.627. The second kappa shape index (κ2) is 7.50. The molecule has 0 bridgehead atoms. The molecule has 1 aromatic carbocycles. The number of rotatable bonds is 7. The summed E-state index contributed by atoms with van der Waals surface area (Å²) in [6.45, 7) is 1.40. The maximum absolute atomic E-state index is 5.65. The number of hydrogen-bond donors (Lipinski definition) is 1. The van der Waals surface area contributed by atoms with Crippen molar-refractivity contribution in [2.45, 2.75) is 6.42 Å². The lowest BCUT2D eigenvalue weighted by Crippen LogP contribution is -2.22. The van der Waals surface area contributed by atoms with Crippen LogP contribution in [-0.4, -0.2) is 32.3 Å². The number of nitrogens with two attached hydrogens (primary N) is 1. The summed E-state index contributed by atoms with van der Waals surface area (Å²) in [5.41, 5.74) is 6.68. The smallest absolute Gasteiger partial charge is 0.175 e. The molecule has 0 saturated heterocycles. The van der Waals surface area contributed by atoms with Gasteiger partial charge in [0.25, 0.3) is 0 Å². The van der Waals surface area contributed by atoms with Crippen LogP contribution < -0.4 is 20.1 Å². The fourth-order valence-electron chi connectivity index (χ4n) is 2.11. The number of pyridine rings is 1. The van der Waals surface area contributed by atoms with Crippen molar-refractivity contribution in [3.8, 4) is 11.5 Å². The van der Waals surface area contributed by atoms with Gasteiger partial charge in [-0.15, -0.1) is 0 Å². The maximum Gasteiger partial charge on any atom is 0.175 e. The van der Waals surface area contributed by atoms with Crippen molar-refractivity contribution in [3.05, 3.63) is 42.6 Å². The predicted octanol–water partition coefficient (Wildman–Crippen LogP) is 2.59. The standard InChI is InChI=1S/C16H21N3O2/c1-20-14-8-6-13(7-9-14)19(12-4-10-17)16-15(21-2)5-3-11-18-16/h3,5-9,11H,4,10,12,17H2,1-2H3. The van der Waals surface area contributed by atoms with Crippen LogP contribution in [0.3, 0.4) is 0 Å². The van der Waals surface area contributed by atoms with Crippen molar-refractivity contribution in [2.75, 3.05) is 32.2 Å². The molecule has 0 saturated carbocycles. The number of aromatic nitrogens is 1. The van der Waals surface area contributed by atoms with E-state index in [0.717, 1.165) is 36.0 Å². The summed E-state index contributed by atoms with van der Waals surface area (Å²) in [5, 5.41) is 0. The van der Waals surface area contributed by atoms with E-state index in [1.165, 1.54) is 0 Å². The Labute approximate surface area is 125 Å². The minimum atomic E-state index is 0.627. The van der Waals surface area contributed by atoms with Gasteiger partial charge in [0.15, 0.2) is 11.6 Å². The molecule has 0 aliphatic carbocycles. The lowest BCUT2D eigenvalue weighted by Gasteiger charge is -2.25. The van der Waals surface area contributed by atoms with Gasteiger partial charge in [0.05, 0.1) is 14.2 Å². The highest BCUT2D eigenvalue weighted by atomic mass is 16.5. The molecular formula is C16H21N3O2. The van der Waals surface area contributed by atoms with Gasteiger partial charge in [-0.1, -0.05) is 0 Å². The fourth-order valence-corrected chi connectivity index (χ4v) is 2.11. The third-order valence-corrected chi connectivity index (χ3v) is 3.20. The van der Waals surface area contributed by atoms with Gasteiger partial charge in [-0.3, -0.25) is 0 Å². The summed E-state index contributed by atoms with van der Waals surface area (Å²) in [6.07, 6.45) is 2.63. The molecule has 2 N–H and O–H groups in total. The third-order valence-electron chi connectivity index (χ3n) is 3.20. The van der Waals surface area contributed by atoms with Gasteiger partial charge in [-0.05, 0) is 49.4 Å². The predicted molar refractivity (Wildman–Crippen MR) is 84.5 cm³/mol. The molecule has 2 rings (SSSR count). The Morgan fingerprint density at radius 3 is 2.48 bits per heavy atom. The second-order valence-corrected chi connectivity index (χ2v) is 4.52. The first-order chi connectivity index (χ1) is 10.3. The molecule has 0 amide bonds. The lowest BCUT2D eigenvalue weighted by atomic mass is 10.2. The molecule has 0 spiro atoms. The zero-order valence-electron chi connectivity index (χ0n) is 12.5. The van der Waals surface area contributed by atoms with Crippen LogP contribution in [0.4, 0.5) is 11.5 Å². The van der Waals surface area contributed by atoms with E-state index in [-0.39, 0.29) is 0 Å². The Morgan fingerprint density at radius 2 is 1.86 bits per heavy atom. The van der Waals surface area contributed by atoms with E-state index in [1.807, 2.05) is 36.4 Å². The van der Waals surface area contributed by atoms with Gasteiger partial charge in [-0.2, -0.15) is 0 Å². The fraction of sp³-hybridized carbons (Fsp3) is 0.312. The van der Waals surface area contributed by atoms with Crippen LogP contribution >= 0.6 is 0 Å².